The summed E-state index contributed by atoms with van der Waals surface area (Å²) in [5.41, 5.74) is 0.505. The van der Waals surface area contributed by atoms with Crippen molar-refractivity contribution >= 4 is 17.3 Å². The molecule has 0 bridgehead atoms. The van der Waals surface area contributed by atoms with Crippen LogP contribution < -0.4 is 14.8 Å². The summed E-state index contributed by atoms with van der Waals surface area (Å²) in [4.78, 5) is 0. The Morgan fingerprint density at radius 2 is 1.83 bits per heavy atom. The highest BCUT2D eigenvalue weighted by atomic mass is 35.5. The van der Waals surface area contributed by atoms with Crippen LogP contribution in [0.4, 0.5) is 5.69 Å². The molecule has 90 valence electrons. The van der Waals surface area contributed by atoms with E-state index in [0.29, 0.717) is 35.4 Å². The molecule has 0 spiro atoms. The van der Waals surface area contributed by atoms with Crippen LogP contribution in [-0.4, -0.2) is 13.2 Å². The van der Waals surface area contributed by atoms with E-state index in [0.717, 1.165) is 0 Å². The molecule has 18 heavy (non-hydrogen) atoms. The third-order valence-corrected chi connectivity index (χ3v) is 2.56. The lowest BCUT2D eigenvalue weighted by Gasteiger charge is -2.19. The van der Waals surface area contributed by atoms with Gasteiger partial charge in [-0.2, -0.15) is 10.5 Å². The minimum Gasteiger partial charge on any atom is -0.486 e. The summed E-state index contributed by atoms with van der Waals surface area (Å²) >= 11 is 6.04. The summed E-state index contributed by atoms with van der Waals surface area (Å²) in [6, 6.07) is 6.78. The van der Waals surface area contributed by atoms with Crippen LogP contribution in [0.1, 0.15) is 0 Å². The van der Waals surface area contributed by atoms with Crippen molar-refractivity contribution in [2.75, 3.05) is 18.5 Å². The number of nitrogens with zero attached hydrogens (tertiary/aromatic N) is 2. The van der Waals surface area contributed by atoms with E-state index in [1.165, 1.54) is 6.20 Å². The summed E-state index contributed by atoms with van der Waals surface area (Å²) in [6.07, 6.45) is 1.29. The standard InChI is InChI=1S/C12H8ClN3O2/c13-9-3-11-12(18-2-1-17-11)4-10(9)16-7-8(5-14)6-15/h3-4,7,16H,1-2H2. The zero-order valence-electron chi connectivity index (χ0n) is 9.24. The molecule has 0 unspecified atom stereocenters. The fourth-order valence-electron chi connectivity index (χ4n) is 1.41. The van der Waals surface area contributed by atoms with Crippen molar-refractivity contribution in [2.45, 2.75) is 0 Å². The first-order valence-corrected chi connectivity index (χ1v) is 5.48. The van der Waals surface area contributed by atoms with Gasteiger partial charge in [0, 0.05) is 18.3 Å². The number of allylic oxidation sites excluding steroid dienone is 1. The quantitative estimate of drug-likeness (QED) is 0.828. The van der Waals surface area contributed by atoms with E-state index < -0.39 is 0 Å². The highest BCUT2D eigenvalue weighted by molar-refractivity contribution is 6.33. The van der Waals surface area contributed by atoms with E-state index in [4.69, 9.17) is 31.6 Å². The lowest BCUT2D eigenvalue weighted by Crippen LogP contribution is -2.15. The lowest BCUT2D eigenvalue weighted by molar-refractivity contribution is 0.171. The van der Waals surface area contributed by atoms with Gasteiger partial charge in [0.25, 0.3) is 0 Å². The molecule has 0 fully saturated rings. The van der Waals surface area contributed by atoms with Crippen LogP contribution in [0.3, 0.4) is 0 Å². The predicted molar refractivity (Wildman–Crippen MR) is 65.4 cm³/mol. The van der Waals surface area contributed by atoms with Gasteiger partial charge >= 0.3 is 0 Å². The third kappa shape index (κ3) is 2.48. The molecule has 0 amide bonds. The van der Waals surface area contributed by atoms with Crippen molar-refractivity contribution in [3.63, 3.8) is 0 Å². The zero-order chi connectivity index (χ0) is 13.0. The van der Waals surface area contributed by atoms with Crippen LogP contribution >= 0.6 is 11.6 Å². The van der Waals surface area contributed by atoms with Crippen molar-refractivity contribution < 1.29 is 9.47 Å². The van der Waals surface area contributed by atoms with Gasteiger partial charge in [0.05, 0.1) is 10.7 Å². The van der Waals surface area contributed by atoms with Crippen LogP contribution in [0.25, 0.3) is 0 Å². The maximum absolute atomic E-state index is 8.61. The summed E-state index contributed by atoms with van der Waals surface area (Å²) in [5.74, 6) is 1.17. The SMILES string of the molecule is N#CC(C#N)=CNc1cc2c(cc1Cl)OCCO2. The fraction of sp³-hybridized carbons (Fsp3) is 0.167. The van der Waals surface area contributed by atoms with E-state index in [1.54, 1.807) is 24.3 Å². The molecule has 1 aliphatic rings. The van der Waals surface area contributed by atoms with Crippen molar-refractivity contribution in [3.8, 4) is 23.6 Å². The molecule has 1 aromatic carbocycles. The van der Waals surface area contributed by atoms with Gasteiger partial charge in [-0.25, -0.2) is 0 Å². The molecule has 1 aromatic rings. The van der Waals surface area contributed by atoms with E-state index in [9.17, 15) is 0 Å². The first-order valence-electron chi connectivity index (χ1n) is 5.10. The summed E-state index contributed by atoms with van der Waals surface area (Å²) < 4.78 is 10.8. The Balaban J connectivity index is 2.27. The summed E-state index contributed by atoms with van der Waals surface area (Å²) in [7, 11) is 0. The number of anilines is 1. The topological polar surface area (TPSA) is 78.1 Å². The van der Waals surface area contributed by atoms with E-state index in [-0.39, 0.29) is 5.57 Å². The number of benzene rings is 1. The molecule has 0 aliphatic carbocycles. The van der Waals surface area contributed by atoms with E-state index >= 15 is 0 Å². The maximum atomic E-state index is 8.61. The largest absolute Gasteiger partial charge is 0.486 e. The number of ether oxygens (including phenoxy) is 2. The molecule has 0 atom stereocenters. The number of nitrogens with one attached hydrogen (secondary N) is 1. The molecule has 1 heterocycles. The van der Waals surface area contributed by atoms with Crippen molar-refractivity contribution in [1.29, 1.82) is 10.5 Å². The molecule has 1 N–H and O–H groups in total. The Labute approximate surface area is 109 Å². The van der Waals surface area contributed by atoms with Gasteiger partial charge in [-0.3, -0.25) is 0 Å². The van der Waals surface area contributed by atoms with Gasteiger partial charge in [-0.15, -0.1) is 0 Å². The average Bonchev–Trinajstić information content (AvgIpc) is 2.40. The molecule has 1 aliphatic heterocycles. The Hall–Kier alpha value is -2.37. The number of rotatable bonds is 2. The number of nitriles is 2. The molecule has 0 saturated carbocycles. The van der Waals surface area contributed by atoms with Gasteiger partial charge in [-0.1, -0.05) is 11.6 Å². The smallest absolute Gasteiger partial charge is 0.163 e. The second kappa shape index (κ2) is 5.31. The molecule has 0 saturated heterocycles. The highest BCUT2D eigenvalue weighted by Crippen LogP contribution is 2.37. The summed E-state index contributed by atoms with van der Waals surface area (Å²) in [6.45, 7) is 0.967. The third-order valence-electron chi connectivity index (χ3n) is 2.24. The molecule has 6 heteroatoms. The molecule has 5 nitrogen and oxygen atoms in total. The Kier molecular flexibility index (Phi) is 3.57. The van der Waals surface area contributed by atoms with Gasteiger partial charge in [-0.05, 0) is 0 Å². The van der Waals surface area contributed by atoms with Gasteiger partial charge in [0.15, 0.2) is 11.5 Å². The fourth-order valence-corrected chi connectivity index (χ4v) is 1.62. The minimum atomic E-state index is -0.0408. The van der Waals surface area contributed by atoms with Crippen molar-refractivity contribution in [1.82, 2.24) is 0 Å². The lowest BCUT2D eigenvalue weighted by atomic mass is 10.2. The zero-order valence-corrected chi connectivity index (χ0v) is 9.99. The van der Waals surface area contributed by atoms with Gasteiger partial charge in [0.1, 0.15) is 30.9 Å². The maximum Gasteiger partial charge on any atom is 0.163 e. The normalized spacial score (nSPS) is 11.9. The number of hydrogen-bond donors (Lipinski definition) is 1. The number of hydrogen-bond acceptors (Lipinski definition) is 5. The first-order chi connectivity index (χ1) is 8.74. The van der Waals surface area contributed by atoms with Crippen molar-refractivity contribution in [2.24, 2.45) is 0 Å². The van der Waals surface area contributed by atoms with E-state index in [2.05, 4.69) is 5.32 Å². The molecule has 0 aromatic heterocycles. The van der Waals surface area contributed by atoms with Crippen LogP contribution in [0.15, 0.2) is 23.9 Å². The van der Waals surface area contributed by atoms with Crippen LogP contribution in [0.2, 0.25) is 5.02 Å². The highest BCUT2D eigenvalue weighted by Gasteiger charge is 2.14. The van der Waals surface area contributed by atoms with Crippen LogP contribution in [-0.2, 0) is 0 Å². The second-order valence-corrected chi connectivity index (χ2v) is 3.81. The molecule has 0 radical (unpaired) electrons. The molecule has 2 rings (SSSR count). The first kappa shape index (κ1) is 12.1. The monoisotopic (exact) mass is 261 g/mol. The Morgan fingerprint density at radius 1 is 1.22 bits per heavy atom. The number of fused-ring (bicyclic) bond motifs is 1. The Bertz CT molecular complexity index is 568. The average molecular weight is 262 g/mol. The van der Waals surface area contributed by atoms with E-state index in [1.807, 2.05) is 0 Å². The Morgan fingerprint density at radius 3 is 2.44 bits per heavy atom. The predicted octanol–water partition coefficient (Wildman–Crippen LogP) is 2.45. The number of halogens is 1. The van der Waals surface area contributed by atoms with Crippen molar-refractivity contribution in [3.05, 3.63) is 28.9 Å². The van der Waals surface area contributed by atoms with Crippen LogP contribution in [0.5, 0.6) is 11.5 Å². The van der Waals surface area contributed by atoms with Gasteiger partial charge < -0.3 is 14.8 Å². The van der Waals surface area contributed by atoms with Crippen LogP contribution in [0, 0.1) is 22.7 Å². The summed E-state index contributed by atoms with van der Waals surface area (Å²) in [5, 5.41) is 20.4. The molecular formula is C12H8ClN3O2. The second-order valence-electron chi connectivity index (χ2n) is 3.40. The molecular weight excluding hydrogens is 254 g/mol. The minimum absolute atomic E-state index is 0.0408. The van der Waals surface area contributed by atoms with Gasteiger partial charge in [0.2, 0.25) is 0 Å².